The molecule has 0 saturated carbocycles. The summed E-state index contributed by atoms with van der Waals surface area (Å²) in [7, 11) is -4.26. The van der Waals surface area contributed by atoms with E-state index in [9.17, 15) is 22.4 Å². The summed E-state index contributed by atoms with van der Waals surface area (Å²) in [6, 6.07) is 9.59. The maximum absolute atomic E-state index is 14.9. The van der Waals surface area contributed by atoms with Gasteiger partial charge in [-0.2, -0.15) is 17.6 Å². The number of amides is 1. The number of aromatic nitrogens is 3. The van der Waals surface area contributed by atoms with Crippen molar-refractivity contribution < 1.29 is 22.4 Å². The van der Waals surface area contributed by atoms with Crippen LogP contribution in [0.15, 0.2) is 53.6 Å². The van der Waals surface area contributed by atoms with Crippen molar-refractivity contribution in [1.82, 2.24) is 14.2 Å². The molecule has 8 nitrogen and oxygen atoms in total. The number of carbonyl (C=O) groups is 2. The number of rotatable bonds is 6. The number of hydrogen-bond acceptors (Lipinski definition) is 6. The lowest BCUT2D eigenvalue weighted by atomic mass is 10.0. The van der Waals surface area contributed by atoms with E-state index in [1.165, 1.54) is 24.3 Å². The molecule has 1 amide bonds. The van der Waals surface area contributed by atoms with Gasteiger partial charge in [0.05, 0.1) is 21.8 Å². The molecule has 35 heavy (non-hydrogen) atoms. The normalized spacial score (nSPS) is 11.6. The average molecular weight is 535 g/mol. The number of pyridine rings is 1. The maximum atomic E-state index is 14.9. The Balaban J connectivity index is 1.90. The maximum Gasteiger partial charge on any atom is 0.283 e. The fourth-order valence-electron chi connectivity index (χ4n) is 3.48. The van der Waals surface area contributed by atoms with Crippen molar-refractivity contribution in [2.24, 2.45) is 0 Å². The van der Waals surface area contributed by atoms with Gasteiger partial charge in [0.15, 0.2) is 0 Å². The molecule has 0 saturated heterocycles. The van der Waals surface area contributed by atoms with Crippen LogP contribution in [-0.2, 0) is 14.8 Å². The fourth-order valence-corrected chi connectivity index (χ4v) is 5.12. The number of benzene rings is 2. The van der Waals surface area contributed by atoms with Crippen LogP contribution in [0.25, 0.3) is 10.9 Å². The van der Waals surface area contributed by atoms with Crippen LogP contribution >= 0.6 is 23.2 Å². The molecule has 2 aromatic heterocycles. The first kappa shape index (κ1) is 24.8. The molecule has 0 aliphatic heterocycles. The Hall–Kier alpha value is -3.34. The topological polar surface area (TPSA) is 111 Å². The summed E-state index contributed by atoms with van der Waals surface area (Å²) in [6.45, 7) is 3.40. The van der Waals surface area contributed by atoms with Gasteiger partial charge >= 0.3 is 0 Å². The molecular formula is C23H17Cl2FN4O4S. The quantitative estimate of drug-likeness (QED) is 0.288. The first-order valence-electron chi connectivity index (χ1n) is 10.1. The van der Waals surface area contributed by atoms with E-state index in [1.54, 1.807) is 26.0 Å². The molecule has 2 heterocycles. The van der Waals surface area contributed by atoms with Gasteiger partial charge in [0.1, 0.15) is 22.9 Å². The van der Waals surface area contributed by atoms with Gasteiger partial charge in [-0.25, -0.2) is 9.37 Å². The van der Waals surface area contributed by atoms with Crippen molar-refractivity contribution in [1.29, 1.82) is 0 Å². The predicted octanol–water partition coefficient (Wildman–Crippen LogP) is 4.49. The summed E-state index contributed by atoms with van der Waals surface area (Å²) in [5.41, 5.74) is 0.470. The Morgan fingerprint density at radius 1 is 1.11 bits per heavy atom. The third kappa shape index (κ3) is 4.52. The highest BCUT2D eigenvalue weighted by atomic mass is 35.5. The molecule has 4 rings (SSSR count). The SMILES string of the molecule is Cc1ccc(S(=O)(=O)n2ncc3c(C(=O)c4nc(C)cc(Cl)c4NC(=O)CCl)ccc(F)c32)cc1. The van der Waals surface area contributed by atoms with Gasteiger partial charge in [0.25, 0.3) is 10.0 Å². The number of halogens is 3. The molecule has 2 aromatic carbocycles. The van der Waals surface area contributed by atoms with E-state index < -0.39 is 33.0 Å². The fraction of sp³-hybridized carbons (Fsp3) is 0.130. The number of nitrogens with zero attached hydrogens (tertiary/aromatic N) is 3. The van der Waals surface area contributed by atoms with E-state index in [-0.39, 0.29) is 38.1 Å². The van der Waals surface area contributed by atoms with Crippen molar-refractivity contribution in [3.8, 4) is 0 Å². The number of alkyl halides is 1. The van der Waals surface area contributed by atoms with Crippen molar-refractivity contribution in [3.05, 3.63) is 82.0 Å². The van der Waals surface area contributed by atoms with Crippen LogP contribution in [-0.4, -0.2) is 40.2 Å². The molecule has 0 aliphatic carbocycles. The van der Waals surface area contributed by atoms with Gasteiger partial charge in [-0.15, -0.1) is 11.6 Å². The lowest BCUT2D eigenvalue weighted by Crippen LogP contribution is -2.18. The molecule has 0 aliphatic rings. The zero-order chi connectivity index (χ0) is 25.5. The second-order valence-corrected chi connectivity index (χ2v) is 10.1. The zero-order valence-electron chi connectivity index (χ0n) is 18.3. The number of ketones is 1. The molecule has 0 bridgehead atoms. The molecule has 4 aromatic rings. The van der Waals surface area contributed by atoms with Crippen LogP contribution in [0.1, 0.15) is 27.3 Å². The number of carbonyl (C=O) groups excluding carboxylic acids is 2. The van der Waals surface area contributed by atoms with Crippen LogP contribution in [0.4, 0.5) is 10.1 Å². The predicted molar refractivity (Wildman–Crippen MR) is 130 cm³/mol. The molecule has 0 fully saturated rings. The molecular weight excluding hydrogens is 518 g/mol. The smallest absolute Gasteiger partial charge is 0.283 e. The largest absolute Gasteiger partial charge is 0.322 e. The summed E-state index contributed by atoms with van der Waals surface area (Å²) in [4.78, 5) is 29.5. The molecule has 1 N–H and O–H groups in total. The number of anilines is 1. The Labute approximate surface area is 209 Å². The first-order chi connectivity index (χ1) is 16.5. The van der Waals surface area contributed by atoms with Gasteiger partial charge in [-0.3, -0.25) is 9.59 Å². The minimum Gasteiger partial charge on any atom is -0.322 e. The van der Waals surface area contributed by atoms with E-state index in [1.807, 2.05) is 0 Å². The molecule has 0 atom stereocenters. The standard InChI is InChI=1S/C23H17Cl2FN4O4S/c1-12-3-5-14(6-4-12)35(33,34)30-22-16(11-27-30)15(7-8-18(22)26)23(32)21-20(29-19(31)10-24)17(25)9-13(2)28-21/h3-9,11H,10H2,1-2H3,(H,29,31). The van der Waals surface area contributed by atoms with Gasteiger partial charge < -0.3 is 5.32 Å². The summed E-state index contributed by atoms with van der Waals surface area (Å²) < 4.78 is 41.8. The number of hydrogen-bond donors (Lipinski definition) is 1. The highest BCUT2D eigenvalue weighted by Gasteiger charge is 2.27. The highest BCUT2D eigenvalue weighted by molar-refractivity contribution is 7.90. The van der Waals surface area contributed by atoms with E-state index in [4.69, 9.17) is 23.2 Å². The zero-order valence-corrected chi connectivity index (χ0v) is 20.7. The summed E-state index contributed by atoms with van der Waals surface area (Å²) in [5, 5.41) is 6.33. The Morgan fingerprint density at radius 3 is 2.46 bits per heavy atom. The molecule has 180 valence electrons. The lowest BCUT2D eigenvalue weighted by molar-refractivity contribution is -0.113. The van der Waals surface area contributed by atoms with Crippen LogP contribution < -0.4 is 5.32 Å². The van der Waals surface area contributed by atoms with Crippen LogP contribution in [0.2, 0.25) is 5.02 Å². The van der Waals surface area contributed by atoms with Gasteiger partial charge in [0, 0.05) is 16.6 Å². The summed E-state index contributed by atoms with van der Waals surface area (Å²) >= 11 is 11.8. The third-order valence-electron chi connectivity index (χ3n) is 5.14. The second kappa shape index (κ2) is 9.37. The Bertz CT molecular complexity index is 1600. The number of nitrogens with one attached hydrogen (secondary N) is 1. The van der Waals surface area contributed by atoms with Gasteiger partial charge in [-0.1, -0.05) is 29.3 Å². The number of aryl methyl sites for hydroxylation is 2. The first-order valence-corrected chi connectivity index (χ1v) is 12.5. The van der Waals surface area contributed by atoms with E-state index in [2.05, 4.69) is 15.4 Å². The molecule has 12 heteroatoms. The summed E-state index contributed by atoms with van der Waals surface area (Å²) in [6.07, 6.45) is 1.09. The van der Waals surface area contributed by atoms with E-state index >= 15 is 0 Å². The van der Waals surface area contributed by atoms with E-state index in [0.29, 0.717) is 9.78 Å². The minimum absolute atomic E-state index is 0.0512. The van der Waals surface area contributed by atoms with E-state index in [0.717, 1.165) is 17.8 Å². The summed E-state index contributed by atoms with van der Waals surface area (Å²) in [5.74, 6) is -2.62. The Morgan fingerprint density at radius 2 is 1.80 bits per heavy atom. The molecule has 0 radical (unpaired) electrons. The van der Waals surface area contributed by atoms with Crippen molar-refractivity contribution in [2.45, 2.75) is 18.7 Å². The highest BCUT2D eigenvalue weighted by Crippen LogP contribution is 2.31. The monoisotopic (exact) mass is 534 g/mol. The minimum atomic E-state index is -4.26. The van der Waals surface area contributed by atoms with Gasteiger partial charge in [0.2, 0.25) is 11.7 Å². The van der Waals surface area contributed by atoms with Gasteiger partial charge in [-0.05, 0) is 44.2 Å². The van der Waals surface area contributed by atoms with Crippen LogP contribution in [0.5, 0.6) is 0 Å². The van der Waals surface area contributed by atoms with Crippen molar-refractivity contribution >= 4 is 61.5 Å². The second-order valence-electron chi connectivity index (χ2n) is 7.64. The van der Waals surface area contributed by atoms with Crippen LogP contribution in [0, 0.1) is 19.7 Å². The Kier molecular flexibility index (Phi) is 6.63. The molecule has 0 unspecified atom stereocenters. The third-order valence-corrected chi connectivity index (χ3v) is 7.28. The number of fused-ring (bicyclic) bond motifs is 1. The average Bonchev–Trinajstić information content (AvgIpc) is 3.27. The van der Waals surface area contributed by atoms with Crippen molar-refractivity contribution in [3.63, 3.8) is 0 Å². The van der Waals surface area contributed by atoms with Crippen molar-refractivity contribution in [2.75, 3.05) is 11.2 Å². The van der Waals surface area contributed by atoms with Crippen LogP contribution in [0.3, 0.4) is 0 Å². The molecule has 0 spiro atoms. The lowest BCUT2D eigenvalue weighted by Gasteiger charge is -2.13.